The third-order valence-electron chi connectivity index (χ3n) is 1.10. The Kier molecular flexibility index (Phi) is 0.970. The summed E-state index contributed by atoms with van der Waals surface area (Å²) >= 11 is 0. The molecule has 1 aliphatic rings. The van der Waals surface area contributed by atoms with Gasteiger partial charge in [-0.3, -0.25) is 4.79 Å². The van der Waals surface area contributed by atoms with Gasteiger partial charge in [-0.25, -0.2) is 0 Å². The van der Waals surface area contributed by atoms with Gasteiger partial charge in [-0.15, -0.1) is 0 Å². The Morgan fingerprint density at radius 2 is 2.50 bits per heavy atom. The smallest absolute Gasteiger partial charge is 0.248 e. The fourth-order valence-corrected chi connectivity index (χ4v) is 0.666. The number of amides is 1. The summed E-state index contributed by atoms with van der Waals surface area (Å²) in [6.07, 6.45) is 1.44. The predicted molar refractivity (Wildman–Crippen MR) is 29.9 cm³/mol. The monoisotopic (exact) mass is 112 g/mol. The Labute approximate surface area is 47.8 Å². The second-order valence-electron chi connectivity index (χ2n) is 1.91. The van der Waals surface area contributed by atoms with Crippen LogP contribution in [0, 0.1) is 0 Å². The number of rotatable bonds is 0. The Bertz CT molecular complexity index is 151. The van der Waals surface area contributed by atoms with E-state index >= 15 is 0 Å². The van der Waals surface area contributed by atoms with Crippen molar-refractivity contribution >= 4 is 5.91 Å². The van der Waals surface area contributed by atoms with Gasteiger partial charge >= 0.3 is 0 Å². The molecule has 0 aromatic rings. The van der Waals surface area contributed by atoms with Crippen LogP contribution in [0.1, 0.15) is 0 Å². The molecule has 0 aromatic carbocycles. The summed E-state index contributed by atoms with van der Waals surface area (Å²) in [6, 6.07) is 0. The van der Waals surface area contributed by atoms with Gasteiger partial charge in [0.2, 0.25) is 5.91 Å². The van der Waals surface area contributed by atoms with Gasteiger partial charge in [0.05, 0.1) is 6.54 Å². The molecule has 0 aliphatic carbocycles. The van der Waals surface area contributed by atoms with E-state index in [0.717, 1.165) is 0 Å². The van der Waals surface area contributed by atoms with E-state index in [0.29, 0.717) is 12.2 Å². The van der Waals surface area contributed by atoms with E-state index in [-0.39, 0.29) is 5.91 Å². The summed E-state index contributed by atoms with van der Waals surface area (Å²) in [4.78, 5) is 12.1. The summed E-state index contributed by atoms with van der Waals surface area (Å²) in [5.74, 6) is 0.00231. The maximum Gasteiger partial charge on any atom is 0.248 e. The third kappa shape index (κ3) is 0.665. The van der Waals surface area contributed by atoms with Crippen LogP contribution >= 0.6 is 0 Å². The molecule has 1 heterocycles. The Hall–Kier alpha value is -0.990. The van der Waals surface area contributed by atoms with E-state index in [9.17, 15) is 4.79 Å². The summed E-state index contributed by atoms with van der Waals surface area (Å²) in [5, 5.41) is 0. The zero-order chi connectivity index (χ0) is 6.15. The highest BCUT2D eigenvalue weighted by molar-refractivity contribution is 5.90. The van der Waals surface area contributed by atoms with Crippen molar-refractivity contribution in [2.45, 2.75) is 0 Å². The maximum absolute atomic E-state index is 10.6. The highest BCUT2D eigenvalue weighted by Crippen LogP contribution is 2.00. The number of hydrogen-bond acceptors (Lipinski definition) is 2. The van der Waals surface area contributed by atoms with E-state index in [2.05, 4.69) is 0 Å². The Balaban J connectivity index is 2.70. The standard InChI is InChI=1S/C5H8N2O/c1-7-3-4(6)2-5(7)8/h2H,3,6H2,1H3. The van der Waals surface area contributed by atoms with Crippen molar-refractivity contribution in [2.75, 3.05) is 13.6 Å². The van der Waals surface area contributed by atoms with Crippen molar-refractivity contribution in [3.05, 3.63) is 11.8 Å². The molecule has 0 aromatic heterocycles. The fraction of sp³-hybridized carbons (Fsp3) is 0.400. The first-order valence-electron chi connectivity index (χ1n) is 2.41. The van der Waals surface area contributed by atoms with E-state index < -0.39 is 0 Å². The quantitative estimate of drug-likeness (QED) is 0.450. The average molecular weight is 112 g/mol. The maximum atomic E-state index is 10.6. The molecule has 0 radical (unpaired) electrons. The zero-order valence-corrected chi connectivity index (χ0v) is 4.72. The van der Waals surface area contributed by atoms with Gasteiger partial charge in [0.25, 0.3) is 0 Å². The lowest BCUT2D eigenvalue weighted by molar-refractivity contribution is -0.123. The first kappa shape index (κ1) is 5.15. The van der Waals surface area contributed by atoms with Crippen LogP contribution in [0.5, 0.6) is 0 Å². The first-order valence-corrected chi connectivity index (χ1v) is 2.41. The number of nitrogens with two attached hydrogens (primary N) is 1. The minimum atomic E-state index is 0.00231. The highest BCUT2D eigenvalue weighted by Gasteiger charge is 2.13. The summed E-state index contributed by atoms with van der Waals surface area (Å²) in [6.45, 7) is 0.582. The molecule has 0 saturated carbocycles. The van der Waals surface area contributed by atoms with Gasteiger partial charge in [0.1, 0.15) is 0 Å². The van der Waals surface area contributed by atoms with Crippen LogP contribution in [0.15, 0.2) is 11.8 Å². The van der Waals surface area contributed by atoms with Crippen LogP contribution in [0.25, 0.3) is 0 Å². The van der Waals surface area contributed by atoms with Crippen molar-refractivity contribution in [3.8, 4) is 0 Å². The van der Waals surface area contributed by atoms with Crippen molar-refractivity contribution < 1.29 is 4.79 Å². The van der Waals surface area contributed by atoms with Crippen molar-refractivity contribution in [1.82, 2.24) is 4.90 Å². The lowest BCUT2D eigenvalue weighted by Gasteiger charge is -2.04. The van der Waals surface area contributed by atoms with Gasteiger partial charge in [-0.2, -0.15) is 0 Å². The van der Waals surface area contributed by atoms with Crippen molar-refractivity contribution in [2.24, 2.45) is 5.73 Å². The second-order valence-corrected chi connectivity index (χ2v) is 1.91. The number of carbonyl (C=O) groups excluding carboxylic acids is 1. The molecular weight excluding hydrogens is 104 g/mol. The van der Waals surface area contributed by atoms with Crippen LogP contribution < -0.4 is 5.73 Å². The normalized spacial score (nSPS) is 19.4. The van der Waals surface area contributed by atoms with E-state index in [1.165, 1.54) is 6.08 Å². The number of carbonyl (C=O) groups is 1. The Morgan fingerprint density at radius 3 is 2.62 bits per heavy atom. The van der Waals surface area contributed by atoms with E-state index in [1.54, 1.807) is 11.9 Å². The molecular formula is C5H8N2O. The molecule has 44 valence electrons. The van der Waals surface area contributed by atoms with Crippen molar-refractivity contribution in [1.29, 1.82) is 0 Å². The molecule has 0 bridgehead atoms. The SMILES string of the molecule is CN1CC(N)=CC1=O. The highest BCUT2D eigenvalue weighted by atomic mass is 16.2. The molecule has 0 atom stereocenters. The van der Waals surface area contributed by atoms with Crippen molar-refractivity contribution in [3.63, 3.8) is 0 Å². The summed E-state index contributed by atoms with van der Waals surface area (Å²) in [5.41, 5.74) is 5.96. The van der Waals surface area contributed by atoms with Gasteiger partial charge < -0.3 is 10.6 Å². The third-order valence-corrected chi connectivity index (χ3v) is 1.10. The molecule has 8 heavy (non-hydrogen) atoms. The molecule has 0 fully saturated rings. The van der Waals surface area contributed by atoms with Crippen LogP contribution in [0.4, 0.5) is 0 Å². The average Bonchev–Trinajstić information content (AvgIpc) is 1.85. The molecule has 0 unspecified atom stereocenters. The van der Waals surface area contributed by atoms with Crippen LogP contribution in [0.2, 0.25) is 0 Å². The lowest BCUT2D eigenvalue weighted by atomic mass is 10.5. The van der Waals surface area contributed by atoms with Crippen LogP contribution in [-0.4, -0.2) is 24.4 Å². The predicted octanol–water partition coefficient (Wildman–Crippen LogP) is -0.699. The van der Waals surface area contributed by atoms with Gasteiger partial charge in [0, 0.05) is 18.8 Å². The summed E-state index contributed by atoms with van der Waals surface area (Å²) < 4.78 is 0. The first-order chi connectivity index (χ1) is 3.70. The van der Waals surface area contributed by atoms with Gasteiger partial charge in [0.15, 0.2) is 0 Å². The number of likely N-dealkylation sites (N-methyl/N-ethyl adjacent to an activating group) is 1. The minimum Gasteiger partial charge on any atom is -0.400 e. The molecule has 3 nitrogen and oxygen atoms in total. The number of nitrogens with zero attached hydrogens (tertiary/aromatic N) is 1. The minimum absolute atomic E-state index is 0.00231. The zero-order valence-electron chi connectivity index (χ0n) is 4.72. The molecule has 0 saturated heterocycles. The van der Waals surface area contributed by atoms with E-state index in [4.69, 9.17) is 5.73 Å². The molecule has 1 aliphatic heterocycles. The molecule has 1 rings (SSSR count). The van der Waals surface area contributed by atoms with Crippen LogP contribution in [0.3, 0.4) is 0 Å². The lowest BCUT2D eigenvalue weighted by Crippen LogP contribution is -2.20. The molecule has 1 amide bonds. The number of hydrogen-bond donors (Lipinski definition) is 1. The van der Waals surface area contributed by atoms with Gasteiger partial charge in [-0.05, 0) is 0 Å². The summed E-state index contributed by atoms with van der Waals surface area (Å²) in [7, 11) is 1.72. The van der Waals surface area contributed by atoms with Gasteiger partial charge in [-0.1, -0.05) is 0 Å². The largest absolute Gasteiger partial charge is 0.400 e. The van der Waals surface area contributed by atoms with E-state index in [1.807, 2.05) is 0 Å². The molecule has 0 spiro atoms. The Morgan fingerprint density at radius 1 is 1.88 bits per heavy atom. The second kappa shape index (κ2) is 1.51. The molecule has 3 heteroatoms. The molecule has 2 N–H and O–H groups in total. The topological polar surface area (TPSA) is 46.3 Å². The van der Waals surface area contributed by atoms with Crippen LogP contribution in [-0.2, 0) is 4.79 Å². The fourth-order valence-electron chi connectivity index (χ4n) is 0.666.